The van der Waals surface area contributed by atoms with Crippen LogP contribution >= 0.6 is 0 Å². The Balaban J connectivity index is 2.15. The van der Waals surface area contributed by atoms with Crippen LogP contribution in [-0.4, -0.2) is 30.7 Å². The highest BCUT2D eigenvalue weighted by atomic mass is 19.1. The molecule has 0 unspecified atom stereocenters. The molecule has 2 heterocycles. The molecule has 1 aromatic heterocycles. The van der Waals surface area contributed by atoms with Crippen LogP contribution in [0, 0.1) is 11.9 Å². The van der Waals surface area contributed by atoms with Crippen molar-refractivity contribution in [2.75, 3.05) is 13.7 Å². The highest BCUT2D eigenvalue weighted by molar-refractivity contribution is 5.77. The Morgan fingerprint density at radius 2 is 2.47 bits per heavy atom. The lowest BCUT2D eigenvalue weighted by atomic mass is 9.93. The molecule has 1 saturated heterocycles. The molecule has 2 N–H and O–H groups in total. The van der Waals surface area contributed by atoms with Crippen molar-refractivity contribution in [3.8, 4) is 0 Å². The number of hydrogen-bond donors (Lipinski definition) is 1. The molecule has 3 atom stereocenters. The maximum Gasteiger partial charge on any atom is 0.223 e. The Hall–Kier alpha value is -1.53. The number of carbonyl (C=O) groups excluding carboxylic acids is 1. The van der Waals surface area contributed by atoms with Crippen molar-refractivity contribution in [1.82, 2.24) is 4.98 Å². The number of nitrogens with zero attached hydrogens (tertiary/aromatic N) is 1. The van der Waals surface area contributed by atoms with Crippen molar-refractivity contribution >= 4 is 5.91 Å². The molecule has 1 aromatic rings. The van der Waals surface area contributed by atoms with E-state index in [1.54, 1.807) is 13.2 Å². The first-order valence-corrected chi connectivity index (χ1v) is 6.17. The van der Waals surface area contributed by atoms with Crippen LogP contribution in [-0.2, 0) is 14.3 Å². The maximum atomic E-state index is 13.1. The third-order valence-corrected chi connectivity index (χ3v) is 3.31. The molecule has 19 heavy (non-hydrogen) atoms. The van der Waals surface area contributed by atoms with E-state index >= 15 is 0 Å². The van der Waals surface area contributed by atoms with E-state index in [1.165, 1.54) is 12.3 Å². The molecule has 1 aliphatic heterocycles. The molecule has 5 nitrogen and oxygen atoms in total. The molecule has 6 heteroatoms. The number of halogens is 1. The van der Waals surface area contributed by atoms with E-state index < -0.39 is 23.9 Å². The number of nitrogens with two attached hydrogens (primary N) is 1. The number of aromatic nitrogens is 1. The summed E-state index contributed by atoms with van der Waals surface area (Å²) in [7, 11) is 1.61. The van der Waals surface area contributed by atoms with Gasteiger partial charge < -0.3 is 15.2 Å². The molecule has 0 spiro atoms. The first-order valence-electron chi connectivity index (χ1n) is 6.17. The van der Waals surface area contributed by atoms with E-state index in [-0.39, 0.29) is 6.10 Å². The van der Waals surface area contributed by atoms with Gasteiger partial charge in [0.2, 0.25) is 11.9 Å². The van der Waals surface area contributed by atoms with Crippen LogP contribution in [0.4, 0.5) is 4.39 Å². The van der Waals surface area contributed by atoms with Crippen molar-refractivity contribution in [1.29, 1.82) is 0 Å². The monoisotopic (exact) mass is 268 g/mol. The fraction of sp³-hybridized carbons (Fsp3) is 0.538. The van der Waals surface area contributed by atoms with Gasteiger partial charge >= 0.3 is 0 Å². The third-order valence-electron chi connectivity index (χ3n) is 3.31. The lowest BCUT2D eigenvalue weighted by Gasteiger charge is -2.16. The van der Waals surface area contributed by atoms with Gasteiger partial charge in [0, 0.05) is 19.9 Å². The molecular weight excluding hydrogens is 251 g/mol. The summed E-state index contributed by atoms with van der Waals surface area (Å²) in [4.78, 5) is 15.0. The van der Waals surface area contributed by atoms with Gasteiger partial charge in [0.05, 0.1) is 18.1 Å². The summed E-state index contributed by atoms with van der Waals surface area (Å²) >= 11 is 0. The number of hydrogen-bond acceptors (Lipinski definition) is 4. The molecule has 2 rings (SSSR count). The Labute approximate surface area is 110 Å². The predicted octanol–water partition coefficient (Wildman–Crippen LogP) is 1.19. The minimum atomic E-state index is -0.593. The minimum Gasteiger partial charge on any atom is -0.385 e. The van der Waals surface area contributed by atoms with Crippen molar-refractivity contribution in [3.05, 3.63) is 29.8 Å². The zero-order valence-electron chi connectivity index (χ0n) is 10.7. The summed E-state index contributed by atoms with van der Waals surface area (Å²) in [5.74, 6) is -1.46. The summed E-state index contributed by atoms with van der Waals surface area (Å²) < 4.78 is 23.9. The van der Waals surface area contributed by atoms with Crippen LogP contribution in [0.5, 0.6) is 0 Å². The second-order valence-electron chi connectivity index (χ2n) is 4.62. The fourth-order valence-corrected chi connectivity index (χ4v) is 2.37. The van der Waals surface area contributed by atoms with E-state index in [1.807, 2.05) is 0 Å². The molecule has 0 aromatic carbocycles. The van der Waals surface area contributed by atoms with Crippen molar-refractivity contribution < 1.29 is 18.7 Å². The second-order valence-corrected chi connectivity index (χ2v) is 4.62. The smallest absolute Gasteiger partial charge is 0.223 e. The molecule has 104 valence electrons. The molecule has 0 radical (unpaired) electrons. The molecular formula is C13H17FN2O3. The van der Waals surface area contributed by atoms with Gasteiger partial charge in [0.25, 0.3) is 0 Å². The quantitative estimate of drug-likeness (QED) is 0.814. The van der Waals surface area contributed by atoms with Crippen molar-refractivity contribution in [2.24, 2.45) is 11.7 Å². The zero-order valence-corrected chi connectivity index (χ0v) is 10.7. The number of amides is 1. The van der Waals surface area contributed by atoms with Gasteiger partial charge in [-0.25, -0.2) is 4.98 Å². The van der Waals surface area contributed by atoms with Crippen molar-refractivity contribution in [3.63, 3.8) is 0 Å². The summed E-state index contributed by atoms with van der Waals surface area (Å²) in [6, 6.07) is 2.92. The van der Waals surface area contributed by atoms with Gasteiger partial charge in [-0.15, -0.1) is 0 Å². The number of carbonyl (C=O) groups is 1. The van der Waals surface area contributed by atoms with E-state index in [0.29, 0.717) is 25.0 Å². The minimum absolute atomic E-state index is 0.0984. The SMILES string of the molecule is COCC[C@@H]1C[C@@H](C(N)=O)[C@H](c2ccnc(F)c2)O1. The Kier molecular flexibility index (Phi) is 4.44. The summed E-state index contributed by atoms with van der Waals surface area (Å²) in [6.07, 6.45) is 1.97. The highest BCUT2D eigenvalue weighted by Crippen LogP contribution is 2.39. The first kappa shape index (κ1) is 13.9. The van der Waals surface area contributed by atoms with E-state index in [0.717, 1.165) is 0 Å². The third kappa shape index (κ3) is 3.27. The number of methoxy groups -OCH3 is 1. The zero-order chi connectivity index (χ0) is 13.8. The molecule has 0 aliphatic carbocycles. The lowest BCUT2D eigenvalue weighted by molar-refractivity contribution is -0.123. The van der Waals surface area contributed by atoms with Gasteiger partial charge in [0.15, 0.2) is 0 Å². The predicted molar refractivity (Wildman–Crippen MR) is 65.6 cm³/mol. The lowest BCUT2D eigenvalue weighted by Crippen LogP contribution is -2.25. The Morgan fingerprint density at radius 1 is 1.68 bits per heavy atom. The van der Waals surface area contributed by atoms with Crippen LogP contribution in [0.3, 0.4) is 0 Å². The van der Waals surface area contributed by atoms with E-state index in [9.17, 15) is 9.18 Å². The number of primary amides is 1. The first-order chi connectivity index (χ1) is 9.11. The molecule has 0 bridgehead atoms. The average molecular weight is 268 g/mol. The maximum absolute atomic E-state index is 13.1. The average Bonchev–Trinajstić information content (AvgIpc) is 2.80. The largest absolute Gasteiger partial charge is 0.385 e. The molecule has 0 saturated carbocycles. The Bertz CT molecular complexity index is 455. The van der Waals surface area contributed by atoms with Crippen LogP contribution in [0.2, 0.25) is 0 Å². The second kappa shape index (κ2) is 6.08. The van der Waals surface area contributed by atoms with Gasteiger partial charge in [-0.05, 0) is 30.5 Å². The number of pyridine rings is 1. The van der Waals surface area contributed by atoms with E-state index in [2.05, 4.69) is 4.98 Å². The number of ether oxygens (including phenoxy) is 2. The fourth-order valence-electron chi connectivity index (χ4n) is 2.37. The van der Waals surface area contributed by atoms with Gasteiger partial charge in [-0.3, -0.25) is 4.79 Å². The van der Waals surface area contributed by atoms with Crippen LogP contribution in [0.25, 0.3) is 0 Å². The van der Waals surface area contributed by atoms with Crippen LogP contribution in [0.1, 0.15) is 24.5 Å². The standard InChI is InChI=1S/C13H17FN2O3/c1-18-5-3-9-7-10(13(15)17)12(19-9)8-2-4-16-11(14)6-8/h2,4,6,9-10,12H,3,5,7H2,1H3,(H2,15,17)/t9-,10-,12+/m1/s1. The van der Waals surface area contributed by atoms with Crippen LogP contribution in [0.15, 0.2) is 18.3 Å². The summed E-state index contributed by atoms with van der Waals surface area (Å²) in [5.41, 5.74) is 5.99. The van der Waals surface area contributed by atoms with E-state index in [4.69, 9.17) is 15.2 Å². The summed E-state index contributed by atoms with van der Waals surface area (Å²) in [5, 5.41) is 0. The van der Waals surface area contributed by atoms with Crippen LogP contribution < -0.4 is 5.73 Å². The Morgan fingerprint density at radius 3 is 3.11 bits per heavy atom. The molecule has 1 fully saturated rings. The molecule has 1 aliphatic rings. The van der Waals surface area contributed by atoms with Gasteiger partial charge in [-0.1, -0.05) is 0 Å². The normalized spacial score (nSPS) is 26.5. The van der Waals surface area contributed by atoms with Gasteiger partial charge in [0.1, 0.15) is 0 Å². The topological polar surface area (TPSA) is 74.4 Å². The molecule has 1 amide bonds. The van der Waals surface area contributed by atoms with Crippen molar-refractivity contribution in [2.45, 2.75) is 25.0 Å². The highest BCUT2D eigenvalue weighted by Gasteiger charge is 2.39. The number of rotatable bonds is 5. The summed E-state index contributed by atoms with van der Waals surface area (Å²) in [6.45, 7) is 0.549. The van der Waals surface area contributed by atoms with Gasteiger partial charge in [-0.2, -0.15) is 4.39 Å².